The van der Waals surface area contributed by atoms with E-state index in [1.165, 1.54) is 5.56 Å². The van der Waals surface area contributed by atoms with E-state index in [2.05, 4.69) is 29.2 Å². The average molecular weight is 353 g/mol. The zero-order chi connectivity index (χ0) is 18.4. The van der Waals surface area contributed by atoms with Gasteiger partial charge in [0.1, 0.15) is 5.75 Å². The van der Waals surface area contributed by atoms with Crippen LogP contribution in [-0.4, -0.2) is 34.0 Å². The topological polar surface area (TPSA) is 94.4 Å². The second kappa shape index (κ2) is 8.60. The Balaban J connectivity index is 1.59. The van der Waals surface area contributed by atoms with Crippen LogP contribution in [0.3, 0.4) is 0 Å². The molecule has 1 aromatic heterocycles. The lowest BCUT2D eigenvalue weighted by Gasteiger charge is -2.15. The monoisotopic (exact) mass is 353 g/mol. The van der Waals surface area contributed by atoms with Gasteiger partial charge in [0.15, 0.2) is 0 Å². The molecule has 3 aromatic rings. The fourth-order valence-electron chi connectivity index (χ4n) is 2.65. The SMILES string of the molecule is CC(Cc1ccccc1)Oc1ccc(-c2noc(CC(N)CO)n2)cc1. The summed E-state index contributed by atoms with van der Waals surface area (Å²) in [5.74, 6) is 1.70. The number of ether oxygens (including phenoxy) is 1. The number of hydrogen-bond acceptors (Lipinski definition) is 6. The number of nitrogens with two attached hydrogens (primary N) is 1. The Morgan fingerprint density at radius 2 is 1.81 bits per heavy atom. The Labute approximate surface area is 152 Å². The Morgan fingerprint density at radius 3 is 2.50 bits per heavy atom. The quantitative estimate of drug-likeness (QED) is 0.646. The van der Waals surface area contributed by atoms with E-state index in [0.29, 0.717) is 18.1 Å². The van der Waals surface area contributed by atoms with Crippen molar-refractivity contribution in [3.63, 3.8) is 0 Å². The number of rotatable bonds is 8. The van der Waals surface area contributed by atoms with Crippen molar-refractivity contribution in [1.29, 1.82) is 0 Å². The number of aliphatic hydroxyl groups is 1. The maximum atomic E-state index is 8.99. The molecule has 0 aliphatic rings. The molecule has 0 saturated carbocycles. The molecule has 2 aromatic carbocycles. The van der Waals surface area contributed by atoms with Crippen molar-refractivity contribution in [2.24, 2.45) is 5.73 Å². The fraction of sp³-hybridized carbons (Fsp3) is 0.300. The molecule has 136 valence electrons. The van der Waals surface area contributed by atoms with Crippen LogP contribution < -0.4 is 10.5 Å². The van der Waals surface area contributed by atoms with Gasteiger partial charge in [0.2, 0.25) is 11.7 Å². The van der Waals surface area contributed by atoms with Crippen LogP contribution in [-0.2, 0) is 12.8 Å². The molecule has 0 bridgehead atoms. The first-order valence-electron chi connectivity index (χ1n) is 8.64. The summed E-state index contributed by atoms with van der Waals surface area (Å²) in [6, 6.07) is 17.4. The molecule has 3 rings (SSSR count). The van der Waals surface area contributed by atoms with E-state index in [1.807, 2.05) is 42.5 Å². The van der Waals surface area contributed by atoms with Crippen LogP contribution in [0.15, 0.2) is 59.1 Å². The molecule has 3 N–H and O–H groups in total. The highest BCUT2D eigenvalue weighted by Crippen LogP contribution is 2.21. The van der Waals surface area contributed by atoms with Crippen LogP contribution in [0, 0.1) is 0 Å². The van der Waals surface area contributed by atoms with Gasteiger partial charge in [-0.1, -0.05) is 35.5 Å². The molecule has 0 saturated heterocycles. The molecule has 1 heterocycles. The fourth-order valence-corrected chi connectivity index (χ4v) is 2.65. The lowest BCUT2D eigenvalue weighted by atomic mass is 10.1. The molecule has 26 heavy (non-hydrogen) atoms. The summed E-state index contributed by atoms with van der Waals surface area (Å²) in [4.78, 5) is 4.31. The Bertz CT molecular complexity index is 803. The second-order valence-electron chi connectivity index (χ2n) is 6.30. The minimum atomic E-state index is -0.398. The van der Waals surface area contributed by atoms with Gasteiger partial charge in [-0.15, -0.1) is 0 Å². The maximum absolute atomic E-state index is 8.99. The standard InChI is InChI=1S/C20H23N3O3/c1-14(11-15-5-3-2-4-6-15)25-18-9-7-16(8-10-18)20-22-19(26-23-20)12-17(21)13-24/h2-10,14,17,24H,11-13,21H2,1H3. The van der Waals surface area contributed by atoms with E-state index in [1.54, 1.807) is 0 Å². The first-order valence-corrected chi connectivity index (χ1v) is 8.64. The smallest absolute Gasteiger partial charge is 0.228 e. The summed E-state index contributed by atoms with van der Waals surface area (Å²) in [5, 5.41) is 12.9. The van der Waals surface area contributed by atoms with Crippen LogP contribution in [0.2, 0.25) is 0 Å². The molecule has 2 unspecified atom stereocenters. The van der Waals surface area contributed by atoms with Gasteiger partial charge >= 0.3 is 0 Å². The average Bonchev–Trinajstić information content (AvgIpc) is 3.11. The summed E-state index contributed by atoms with van der Waals surface area (Å²) in [5.41, 5.74) is 7.76. The highest BCUT2D eigenvalue weighted by atomic mass is 16.5. The van der Waals surface area contributed by atoms with Crippen LogP contribution in [0.4, 0.5) is 0 Å². The van der Waals surface area contributed by atoms with Gasteiger partial charge in [0, 0.05) is 24.4 Å². The van der Waals surface area contributed by atoms with Crippen LogP contribution in [0.25, 0.3) is 11.4 Å². The third-order valence-electron chi connectivity index (χ3n) is 3.96. The summed E-state index contributed by atoms with van der Waals surface area (Å²) in [6.07, 6.45) is 1.27. The minimum Gasteiger partial charge on any atom is -0.490 e. The van der Waals surface area contributed by atoms with E-state index >= 15 is 0 Å². The predicted molar refractivity (Wildman–Crippen MR) is 98.7 cm³/mol. The van der Waals surface area contributed by atoms with Crippen molar-refractivity contribution in [3.8, 4) is 17.1 Å². The van der Waals surface area contributed by atoms with Gasteiger partial charge < -0.3 is 20.1 Å². The molecular weight excluding hydrogens is 330 g/mol. The van der Waals surface area contributed by atoms with Gasteiger partial charge in [0.25, 0.3) is 0 Å². The first-order chi connectivity index (χ1) is 12.6. The van der Waals surface area contributed by atoms with Crippen molar-refractivity contribution >= 4 is 0 Å². The molecule has 0 radical (unpaired) electrons. The maximum Gasteiger partial charge on any atom is 0.228 e. The van der Waals surface area contributed by atoms with Gasteiger partial charge in [-0.2, -0.15) is 4.98 Å². The van der Waals surface area contributed by atoms with E-state index < -0.39 is 6.04 Å². The molecule has 0 aliphatic heterocycles. The molecule has 0 fully saturated rings. The van der Waals surface area contributed by atoms with Crippen molar-refractivity contribution in [1.82, 2.24) is 10.1 Å². The molecule has 0 amide bonds. The van der Waals surface area contributed by atoms with E-state index in [-0.39, 0.29) is 12.7 Å². The van der Waals surface area contributed by atoms with Gasteiger partial charge in [-0.05, 0) is 36.8 Å². The Kier molecular flexibility index (Phi) is 5.99. The number of nitrogens with zero attached hydrogens (tertiary/aromatic N) is 2. The number of hydrogen-bond donors (Lipinski definition) is 2. The first kappa shape index (κ1) is 18.1. The van der Waals surface area contributed by atoms with Crippen molar-refractivity contribution in [2.45, 2.75) is 31.9 Å². The number of benzene rings is 2. The zero-order valence-electron chi connectivity index (χ0n) is 14.7. The molecular formula is C20H23N3O3. The largest absolute Gasteiger partial charge is 0.490 e. The lowest BCUT2D eigenvalue weighted by molar-refractivity contribution is 0.222. The van der Waals surface area contributed by atoms with Gasteiger partial charge in [-0.25, -0.2) is 0 Å². The van der Waals surface area contributed by atoms with Crippen LogP contribution in [0.5, 0.6) is 5.75 Å². The zero-order valence-corrected chi connectivity index (χ0v) is 14.7. The van der Waals surface area contributed by atoms with E-state index in [4.69, 9.17) is 20.1 Å². The van der Waals surface area contributed by atoms with Crippen molar-refractivity contribution in [2.75, 3.05) is 6.61 Å². The normalized spacial score (nSPS) is 13.3. The lowest BCUT2D eigenvalue weighted by Crippen LogP contribution is -2.26. The van der Waals surface area contributed by atoms with E-state index in [9.17, 15) is 0 Å². The van der Waals surface area contributed by atoms with Gasteiger partial charge in [0.05, 0.1) is 12.7 Å². The second-order valence-corrected chi connectivity index (χ2v) is 6.30. The summed E-state index contributed by atoms with van der Waals surface area (Å²) in [7, 11) is 0. The minimum absolute atomic E-state index is 0.0694. The summed E-state index contributed by atoms with van der Waals surface area (Å²) >= 11 is 0. The highest BCUT2D eigenvalue weighted by molar-refractivity contribution is 5.55. The highest BCUT2D eigenvalue weighted by Gasteiger charge is 2.12. The molecule has 6 nitrogen and oxygen atoms in total. The third kappa shape index (κ3) is 4.91. The molecule has 6 heteroatoms. The van der Waals surface area contributed by atoms with Crippen molar-refractivity contribution in [3.05, 3.63) is 66.1 Å². The number of aromatic nitrogens is 2. The van der Waals surface area contributed by atoms with E-state index in [0.717, 1.165) is 17.7 Å². The predicted octanol–water partition coefficient (Wildman–Crippen LogP) is 2.61. The number of aliphatic hydroxyl groups excluding tert-OH is 1. The van der Waals surface area contributed by atoms with Crippen LogP contribution in [0.1, 0.15) is 18.4 Å². The molecule has 0 aliphatic carbocycles. The Morgan fingerprint density at radius 1 is 1.08 bits per heavy atom. The van der Waals surface area contributed by atoms with Crippen molar-refractivity contribution < 1.29 is 14.4 Å². The third-order valence-corrected chi connectivity index (χ3v) is 3.96. The molecule has 0 spiro atoms. The summed E-state index contributed by atoms with van der Waals surface area (Å²) in [6.45, 7) is 1.93. The Hall–Kier alpha value is -2.70. The summed E-state index contributed by atoms with van der Waals surface area (Å²) < 4.78 is 11.1. The molecule has 2 atom stereocenters. The van der Waals surface area contributed by atoms with Crippen LogP contribution >= 0.6 is 0 Å². The van der Waals surface area contributed by atoms with Gasteiger partial charge in [-0.3, -0.25) is 0 Å².